The highest BCUT2D eigenvalue weighted by Crippen LogP contribution is 2.22. The molecular formula is C16H17F2N3O2. The number of amides is 1. The molecule has 0 spiro atoms. The van der Waals surface area contributed by atoms with Crippen LogP contribution in [0.5, 0.6) is 0 Å². The Hall–Kier alpha value is -2.51. The van der Waals surface area contributed by atoms with Gasteiger partial charge in [0.15, 0.2) is 0 Å². The second-order valence-corrected chi connectivity index (χ2v) is 5.02. The van der Waals surface area contributed by atoms with Crippen molar-refractivity contribution in [2.45, 2.75) is 19.7 Å². The fraction of sp³-hybridized carbons (Fsp3) is 0.188. The molecule has 0 heterocycles. The molecule has 7 heteroatoms. The van der Waals surface area contributed by atoms with Crippen molar-refractivity contribution in [3.8, 4) is 0 Å². The highest BCUT2D eigenvalue weighted by Gasteiger charge is 2.16. The van der Waals surface area contributed by atoms with Gasteiger partial charge in [0.25, 0.3) is 5.91 Å². The maximum absolute atomic E-state index is 14.2. The Kier molecular flexibility index (Phi) is 5.25. The van der Waals surface area contributed by atoms with Crippen molar-refractivity contribution in [2.75, 3.05) is 4.90 Å². The fourth-order valence-electron chi connectivity index (χ4n) is 2.18. The summed E-state index contributed by atoms with van der Waals surface area (Å²) in [7, 11) is 0. The number of carbonyl (C=O) groups excluding carboxylic acids is 1. The monoisotopic (exact) mass is 321 g/mol. The van der Waals surface area contributed by atoms with Crippen LogP contribution in [0.15, 0.2) is 42.5 Å². The van der Waals surface area contributed by atoms with E-state index in [9.17, 15) is 18.7 Å². The highest BCUT2D eigenvalue weighted by atomic mass is 19.1. The molecule has 1 atom stereocenters. The predicted molar refractivity (Wildman–Crippen MR) is 82.3 cm³/mol. The van der Waals surface area contributed by atoms with Gasteiger partial charge in [-0.15, -0.1) is 0 Å². The Bertz CT molecular complexity index is 707. The molecule has 0 aliphatic heterocycles. The molecule has 2 aromatic carbocycles. The van der Waals surface area contributed by atoms with Crippen molar-refractivity contribution in [1.82, 2.24) is 5.43 Å². The van der Waals surface area contributed by atoms with Crippen LogP contribution in [0.4, 0.5) is 14.5 Å². The number of hydrogen-bond acceptors (Lipinski definition) is 4. The summed E-state index contributed by atoms with van der Waals surface area (Å²) in [5.41, 5.74) is 2.68. The Morgan fingerprint density at radius 1 is 1.30 bits per heavy atom. The Morgan fingerprint density at radius 3 is 2.61 bits per heavy atom. The number of benzene rings is 2. The smallest absolute Gasteiger partial charge is 0.265 e. The number of rotatable bonds is 5. The third-order valence-corrected chi connectivity index (χ3v) is 3.38. The molecule has 2 aromatic rings. The molecule has 0 aliphatic carbocycles. The number of hydrogen-bond donors (Lipinski definition) is 3. The van der Waals surface area contributed by atoms with Gasteiger partial charge in [0.05, 0.1) is 0 Å². The first-order valence-electron chi connectivity index (χ1n) is 6.92. The van der Waals surface area contributed by atoms with Gasteiger partial charge in [-0.25, -0.2) is 14.6 Å². The van der Waals surface area contributed by atoms with E-state index in [1.807, 2.05) is 5.43 Å². The third kappa shape index (κ3) is 4.02. The molecule has 1 amide bonds. The fourth-order valence-corrected chi connectivity index (χ4v) is 2.18. The molecule has 4 N–H and O–H groups in total. The largest absolute Gasteiger partial charge is 0.374 e. The summed E-state index contributed by atoms with van der Waals surface area (Å²) in [5.74, 6) is 3.33. The van der Waals surface area contributed by atoms with Gasteiger partial charge >= 0.3 is 0 Å². The molecule has 122 valence electrons. The van der Waals surface area contributed by atoms with Crippen LogP contribution in [0.25, 0.3) is 0 Å². The van der Waals surface area contributed by atoms with Crippen molar-refractivity contribution in [2.24, 2.45) is 5.84 Å². The summed E-state index contributed by atoms with van der Waals surface area (Å²) in [5, 5.41) is 9.89. The van der Waals surface area contributed by atoms with Gasteiger partial charge in [-0.2, -0.15) is 0 Å². The lowest BCUT2D eigenvalue weighted by Crippen LogP contribution is -2.33. The predicted octanol–water partition coefficient (Wildman–Crippen LogP) is 1.91. The molecule has 0 saturated heterocycles. The SMILES string of the molecule is CC(O)N(Cc1ccc(C(=O)NN)cc1F)c1cccc(F)c1. The van der Waals surface area contributed by atoms with Gasteiger partial charge in [-0.3, -0.25) is 10.2 Å². The van der Waals surface area contributed by atoms with E-state index in [1.165, 1.54) is 42.2 Å². The minimum Gasteiger partial charge on any atom is -0.374 e. The van der Waals surface area contributed by atoms with E-state index in [4.69, 9.17) is 5.84 Å². The topological polar surface area (TPSA) is 78.6 Å². The molecule has 0 aliphatic rings. The average Bonchev–Trinajstić information content (AvgIpc) is 2.52. The number of halogens is 2. The minimum absolute atomic E-state index is 0.0114. The van der Waals surface area contributed by atoms with E-state index in [0.717, 1.165) is 6.07 Å². The quantitative estimate of drug-likeness (QED) is 0.340. The molecule has 0 radical (unpaired) electrons. The van der Waals surface area contributed by atoms with Crippen LogP contribution in [0, 0.1) is 11.6 Å². The van der Waals surface area contributed by atoms with Gasteiger partial charge < -0.3 is 10.0 Å². The zero-order valence-corrected chi connectivity index (χ0v) is 12.5. The summed E-state index contributed by atoms with van der Waals surface area (Å²) in [6, 6.07) is 9.56. The van der Waals surface area contributed by atoms with Gasteiger partial charge in [0.1, 0.15) is 17.9 Å². The van der Waals surface area contributed by atoms with E-state index >= 15 is 0 Å². The third-order valence-electron chi connectivity index (χ3n) is 3.38. The molecule has 1 unspecified atom stereocenters. The van der Waals surface area contributed by atoms with Gasteiger partial charge in [-0.1, -0.05) is 12.1 Å². The number of nitrogens with two attached hydrogens (primary N) is 1. The molecule has 0 aromatic heterocycles. The number of aliphatic hydroxyl groups is 1. The van der Waals surface area contributed by atoms with Crippen LogP contribution < -0.4 is 16.2 Å². The molecular weight excluding hydrogens is 304 g/mol. The average molecular weight is 321 g/mol. The molecule has 23 heavy (non-hydrogen) atoms. The Balaban J connectivity index is 2.29. The lowest BCUT2D eigenvalue weighted by Gasteiger charge is -2.28. The first-order chi connectivity index (χ1) is 10.9. The van der Waals surface area contributed by atoms with Crippen molar-refractivity contribution >= 4 is 11.6 Å². The van der Waals surface area contributed by atoms with Crippen LogP contribution in [-0.2, 0) is 6.54 Å². The number of carbonyl (C=O) groups is 1. The number of anilines is 1. The summed E-state index contributed by atoms with van der Waals surface area (Å²) in [4.78, 5) is 12.8. The van der Waals surface area contributed by atoms with Crippen LogP contribution in [0.2, 0.25) is 0 Å². The zero-order chi connectivity index (χ0) is 17.0. The second-order valence-electron chi connectivity index (χ2n) is 5.02. The lowest BCUT2D eigenvalue weighted by atomic mass is 10.1. The highest BCUT2D eigenvalue weighted by molar-refractivity contribution is 5.93. The van der Waals surface area contributed by atoms with Crippen LogP contribution in [-0.4, -0.2) is 17.2 Å². The van der Waals surface area contributed by atoms with Gasteiger partial charge in [-0.05, 0) is 37.3 Å². The van der Waals surface area contributed by atoms with Crippen molar-refractivity contribution < 1.29 is 18.7 Å². The van der Waals surface area contributed by atoms with E-state index in [2.05, 4.69) is 0 Å². The van der Waals surface area contributed by atoms with Crippen LogP contribution in [0.1, 0.15) is 22.8 Å². The molecule has 5 nitrogen and oxygen atoms in total. The van der Waals surface area contributed by atoms with Crippen LogP contribution >= 0.6 is 0 Å². The molecule has 0 bridgehead atoms. The first-order valence-corrected chi connectivity index (χ1v) is 6.92. The number of nitrogen functional groups attached to an aromatic ring is 1. The number of aliphatic hydroxyl groups excluding tert-OH is 1. The number of nitrogens with zero attached hydrogens (tertiary/aromatic N) is 1. The molecule has 2 rings (SSSR count). The number of hydrazine groups is 1. The number of nitrogens with one attached hydrogen (secondary N) is 1. The van der Waals surface area contributed by atoms with E-state index in [0.29, 0.717) is 5.69 Å². The van der Waals surface area contributed by atoms with E-state index in [-0.39, 0.29) is 17.7 Å². The normalized spacial score (nSPS) is 11.9. The maximum atomic E-state index is 14.2. The zero-order valence-electron chi connectivity index (χ0n) is 12.5. The van der Waals surface area contributed by atoms with E-state index in [1.54, 1.807) is 6.07 Å². The van der Waals surface area contributed by atoms with Crippen molar-refractivity contribution in [3.05, 3.63) is 65.2 Å². The van der Waals surface area contributed by atoms with Crippen LogP contribution in [0.3, 0.4) is 0 Å². The Labute approximate surface area is 132 Å². The summed E-state index contributed by atoms with van der Waals surface area (Å²) in [6.45, 7) is 1.51. The summed E-state index contributed by atoms with van der Waals surface area (Å²) in [6.07, 6.45) is -0.955. The standard InChI is InChI=1S/C16H17F2N3O2/c1-10(22)21(14-4-2-3-13(17)8-14)9-12-6-5-11(7-15(12)18)16(23)20-19/h2-8,10,22H,9,19H2,1H3,(H,20,23). The summed E-state index contributed by atoms with van der Waals surface area (Å²) < 4.78 is 27.5. The Morgan fingerprint density at radius 2 is 2.04 bits per heavy atom. The van der Waals surface area contributed by atoms with Gasteiger partial charge in [0.2, 0.25) is 0 Å². The van der Waals surface area contributed by atoms with Crippen molar-refractivity contribution in [3.63, 3.8) is 0 Å². The second kappa shape index (κ2) is 7.17. The van der Waals surface area contributed by atoms with Crippen molar-refractivity contribution in [1.29, 1.82) is 0 Å². The maximum Gasteiger partial charge on any atom is 0.265 e. The first kappa shape index (κ1) is 16.9. The van der Waals surface area contributed by atoms with E-state index < -0.39 is 23.8 Å². The molecule has 0 fully saturated rings. The molecule has 0 saturated carbocycles. The lowest BCUT2D eigenvalue weighted by molar-refractivity contribution is 0.0953. The summed E-state index contributed by atoms with van der Waals surface area (Å²) >= 11 is 0. The van der Waals surface area contributed by atoms with Gasteiger partial charge in [0, 0.05) is 23.4 Å². The minimum atomic E-state index is -0.955.